The molecule has 29 heavy (non-hydrogen) atoms. The molecule has 0 unspecified atom stereocenters. The number of hydrogen-bond acceptors (Lipinski definition) is 5. The number of ether oxygens (including phenoxy) is 3. The van der Waals surface area contributed by atoms with Gasteiger partial charge >= 0.3 is 5.97 Å². The Bertz CT molecular complexity index is 895. The van der Waals surface area contributed by atoms with Crippen LogP contribution in [0.5, 0.6) is 11.5 Å². The number of ketones is 1. The van der Waals surface area contributed by atoms with Crippen LogP contribution in [0.1, 0.15) is 47.6 Å². The lowest BCUT2D eigenvalue weighted by molar-refractivity contribution is -0.144. The summed E-state index contributed by atoms with van der Waals surface area (Å²) in [6.07, 6.45) is 4.84. The van der Waals surface area contributed by atoms with Crippen molar-refractivity contribution in [3.05, 3.63) is 52.9 Å². The summed E-state index contributed by atoms with van der Waals surface area (Å²) >= 11 is 0. The quantitative estimate of drug-likeness (QED) is 0.439. The lowest BCUT2D eigenvalue weighted by Gasteiger charge is -2.11. The van der Waals surface area contributed by atoms with Gasteiger partial charge in [0.25, 0.3) is 0 Å². The molecule has 6 nitrogen and oxygen atoms in total. The van der Waals surface area contributed by atoms with Crippen molar-refractivity contribution in [2.24, 2.45) is 0 Å². The lowest BCUT2D eigenvalue weighted by atomic mass is 10.1. The normalized spacial score (nSPS) is 10.9. The fourth-order valence-corrected chi connectivity index (χ4v) is 3.15. The second-order valence-corrected chi connectivity index (χ2v) is 6.72. The minimum Gasteiger partial charge on any atom is -0.493 e. The molecule has 0 fully saturated rings. The number of benzene rings is 1. The molecule has 0 bridgehead atoms. The van der Waals surface area contributed by atoms with Crippen molar-refractivity contribution in [1.82, 2.24) is 4.57 Å². The highest BCUT2D eigenvalue weighted by atomic mass is 16.6. The zero-order valence-corrected chi connectivity index (χ0v) is 17.8. The number of esters is 1. The molecule has 1 heterocycles. The van der Waals surface area contributed by atoms with Crippen molar-refractivity contribution in [3.8, 4) is 11.5 Å². The van der Waals surface area contributed by atoms with E-state index in [1.54, 1.807) is 6.07 Å². The Morgan fingerprint density at radius 1 is 1.10 bits per heavy atom. The van der Waals surface area contributed by atoms with Crippen LogP contribution in [0, 0.1) is 13.8 Å². The summed E-state index contributed by atoms with van der Waals surface area (Å²) in [5.74, 6) is 0.127. The van der Waals surface area contributed by atoms with Crippen molar-refractivity contribution in [2.45, 2.75) is 40.7 Å². The molecule has 0 atom stereocenters. The van der Waals surface area contributed by atoms with Crippen molar-refractivity contribution < 1.29 is 23.8 Å². The van der Waals surface area contributed by atoms with Gasteiger partial charge in [-0.15, -0.1) is 0 Å². The molecule has 1 aromatic heterocycles. The van der Waals surface area contributed by atoms with Crippen LogP contribution in [-0.4, -0.2) is 36.6 Å². The Kier molecular flexibility index (Phi) is 8.07. The Labute approximate surface area is 172 Å². The van der Waals surface area contributed by atoms with E-state index < -0.39 is 5.97 Å². The van der Waals surface area contributed by atoms with E-state index in [2.05, 4.69) is 11.5 Å². The maximum Gasteiger partial charge on any atom is 0.344 e. The van der Waals surface area contributed by atoms with Crippen LogP contribution in [0.25, 0.3) is 6.08 Å². The van der Waals surface area contributed by atoms with Gasteiger partial charge in [-0.3, -0.25) is 4.79 Å². The van der Waals surface area contributed by atoms with Gasteiger partial charge in [-0.2, -0.15) is 0 Å². The fourth-order valence-electron chi connectivity index (χ4n) is 3.15. The predicted molar refractivity (Wildman–Crippen MR) is 113 cm³/mol. The first-order valence-electron chi connectivity index (χ1n) is 9.70. The van der Waals surface area contributed by atoms with Gasteiger partial charge in [0.15, 0.2) is 24.7 Å². The number of carbonyl (C=O) groups is 2. The predicted octanol–water partition coefficient (Wildman–Crippen LogP) is 4.36. The summed E-state index contributed by atoms with van der Waals surface area (Å²) in [7, 11) is 1.54. The van der Waals surface area contributed by atoms with Gasteiger partial charge < -0.3 is 18.8 Å². The van der Waals surface area contributed by atoms with E-state index >= 15 is 0 Å². The molecule has 0 aliphatic heterocycles. The number of aryl methyl sites for hydroxylation is 1. The third kappa shape index (κ3) is 5.73. The largest absolute Gasteiger partial charge is 0.493 e. The summed E-state index contributed by atoms with van der Waals surface area (Å²) in [4.78, 5) is 24.5. The maximum absolute atomic E-state index is 12.5. The van der Waals surface area contributed by atoms with Crippen LogP contribution >= 0.6 is 0 Å². The van der Waals surface area contributed by atoms with Crippen LogP contribution in [0.4, 0.5) is 0 Å². The molecule has 1 aromatic carbocycles. The third-order valence-corrected chi connectivity index (χ3v) is 4.58. The smallest absolute Gasteiger partial charge is 0.344 e. The van der Waals surface area contributed by atoms with Crippen molar-refractivity contribution in [1.29, 1.82) is 0 Å². The van der Waals surface area contributed by atoms with Crippen LogP contribution in [0.2, 0.25) is 0 Å². The Morgan fingerprint density at radius 2 is 1.86 bits per heavy atom. The molecule has 0 amide bonds. The molecular formula is C23H29NO5. The first kappa shape index (κ1) is 22.3. The third-order valence-electron chi connectivity index (χ3n) is 4.58. The van der Waals surface area contributed by atoms with E-state index in [4.69, 9.17) is 14.2 Å². The van der Waals surface area contributed by atoms with Crippen LogP contribution in [0.15, 0.2) is 30.3 Å². The van der Waals surface area contributed by atoms with E-state index in [0.717, 1.165) is 29.9 Å². The maximum atomic E-state index is 12.5. The number of methoxy groups -OCH3 is 1. The number of carbonyl (C=O) groups excluding carboxylic acids is 2. The number of aromatic nitrogens is 1. The van der Waals surface area contributed by atoms with Crippen molar-refractivity contribution >= 4 is 17.8 Å². The molecule has 2 aromatic rings. The monoisotopic (exact) mass is 399 g/mol. The van der Waals surface area contributed by atoms with Gasteiger partial charge in [0, 0.05) is 23.5 Å². The van der Waals surface area contributed by atoms with Gasteiger partial charge in [0.1, 0.15) is 0 Å². The summed E-state index contributed by atoms with van der Waals surface area (Å²) in [5.41, 5.74) is 3.47. The first-order valence-corrected chi connectivity index (χ1v) is 9.70. The van der Waals surface area contributed by atoms with E-state index in [-0.39, 0.29) is 19.0 Å². The number of nitrogens with zero attached hydrogens (tertiary/aromatic N) is 1. The zero-order valence-electron chi connectivity index (χ0n) is 17.8. The molecular weight excluding hydrogens is 370 g/mol. The van der Waals surface area contributed by atoms with Gasteiger partial charge in [0.2, 0.25) is 5.78 Å². The minimum atomic E-state index is -0.611. The molecule has 2 rings (SSSR count). The van der Waals surface area contributed by atoms with E-state index in [9.17, 15) is 9.59 Å². The number of rotatable bonds is 10. The van der Waals surface area contributed by atoms with Crippen molar-refractivity contribution in [2.75, 3.05) is 20.3 Å². The topological polar surface area (TPSA) is 66.8 Å². The van der Waals surface area contributed by atoms with Crippen molar-refractivity contribution in [3.63, 3.8) is 0 Å². The number of Topliss-reactive ketones (excluding diaryl/α,β-unsaturated/α-hetero) is 1. The van der Waals surface area contributed by atoms with Crippen LogP contribution in [-0.2, 0) is 16.1 Å². The summed E-state index contributed by atoms with van der Waals surface area (Å²) < 4.78 is 18.0. The fraction of sp³-hybridized carbons (Fsp3) is 0.391. The second-order valence-electron chi connectivity index (χ2n) is 6.72. The molecule has 0 saturated carbocycles. The van der Waals surface area contributed by atoms with Crippen LogP contribution < -0.4 is 9.47 Å². The minimum absolute atomic E-state index is 0.220. The first-order chi connectivity index (χ1) is 13.9. The summed E-state index contributed by atoms with van der Waals surface area (Å²) in [6, 6.07) is 7.25. The average Bonchev–Trinajstić information content (AvgIpc) is 2.99. The summed E-state index contributed by atoms with van der Waals surface area (Å²) in [5, 5.41) is 0. The molecule has 0 spiro atoms. The van der Waals surface area contributed by atoms with E-state index in [1.807, 2.05) is 51.1 Å². The Balaban J connectivity index is 1.92. The molecule has 0 aliphatic carbocycles. The van der Waals surface area contributed by atoms with Gasteiger partial charge in [-0.05, 0) is 51.0 Å². The highest BCUT2D eigenvalue weighted by molar-refractivity contribution is 5.99. The van der Waals surface area contributed by atoms with Gasteiger partial charge in [0.05, 0.1) is 7.11 Å². The summed E-state index contributed by atoms with van der Waals surface area (Å²) in [6.45, 7) is 8.13. The van der Waals surface area contributed by atoms with Gasteiger partial charge in [-0.1, -0.05) is 25.1 Å². The SMILES string of the molecule is C/C=C/c1ccc(OCC(=O)OCC(=O)c2cc(C)n(CCC)c2C)c(OC)c1. The molecule has 6 heteroatoms. The van der Waals surface area contributed by atoms with Gasteiger partial charge in [-0.25, -0.2) is 4.79 Å². The number of allylic oxidation sites excluding steroid dienone is 1. The zero-order chi connectivity index (χ0) is 21.4. The van der Waals surface area contributed by atoms with E-state index in [0.29, 0.717) is 17.1 Å². The highest BCUT2D eigenvalue weighted by Crippen LogP contribution is 2.28. The molecule has 0 radical (unpaired) electrons. The Morgan fingerprint density at radius 3 is 2.52 bits per heavy atom. The molecule has 156 valence electrons. The Hall–Kier alpha value is -3.02. The molecule has 0 N–H and O–H groups in total. The highest BCUT2D eigenvalue weighted by Gasteiger charge is 2.17. The van der Waals surface area contributed by atoms with Crippen LogP contribution in [0.3, 0.4) is 0 Å². The molecule has 0 aliphatic rings. The second kappa shape index (κ2) is 10.5. The average molecular weight is 399 g/mol. The molecule has 0 saturated heterocycles. The van der Waals surface area contributed by atoms with E-state index in [1.165, 1.54) is 7.11 Å². The lowest BCUT2D eigenvalue weighted by Crippen LogP contribution is -2.20. The standard InChI is InChI=1S/C23H29NO5/c1-6-8-18-9-10-21(22(13-18)27-5)28-15-23(26)29-14-20(25)19-12-16(3)24(11-7-2)17(19)4/h6,8-10,12-13H,7,11,14-15H2,1-5H3/b8-6+. The number of hydrogen-bond donors (Lipinski definition) is 0.